The molecule has 1 rings (SSSR count). The van der Waals surface area contributed by atoms with Gasteiger partial charge in [0.1, 0.15) is 0 Å². The molecule has 0 saturated carbocycles. The molecule has 1 aliphatic heterocycles. The minimum absolute atomic E-state index is 0.106. The van der Waals surface area contributed by atoms with Gasteiger partial charge in [0.15, 0.2) is 0 Å². The van der Waals surface area contributed by atoms with Gasteiger partial charge in [-0.15, -0.1) is 0 Å². The summed E-state index contributed by atoms with van der Waals surface area (Å²) in [6.45, 7) is 6.03. The van der Waals surface area contributed by atoms with E-state index in [1.165, 1.54) is 0 Å². The van der Waals surface area contributed by atoms with Gasteiger partial charge in [-0.2, -0.15) is 0 Å². The summed E-state index contributed by atoms with van der Waals surface area (Å²) in [6.07, 6.45) is 2.25. The molecular weight excluding hydrogens is 152 g/mol. The van der Waals surface area contributed by atoms with Gasteiger partial charge in [-0.3, -0.25) is 0 Å². The molecule has 0 aromatic carbocycles. The Morgan fingerprint density at radius 1 is 1.42 bits per heavy atom. The number of piperidine rings is 1. The zero-order valence-electron chi connectivity index (χ0n) is 8.15. The Morgan fingerprint density at radius 2 is 2.08 bits per heavy atom. The lowest BCUT2D eigenvalue weighted by Gasteiger charge is -2.37. The molecule has 1 aliphatic rings. The number of likely N-dealkylation sites (N-methyl/N-ethyl adjacent to an activating group) is 1. The van der Waals surface area contributed by atoms with E-state index in [1.54, 1.807) is 0 Å². The van der Waals surface area contributed by atoms with E-state index in [4.69, 9.17) is 4.74 Å². The van der Waals surface area contributed by atoms with E-state index in [-0.39, 0.29) is 5.60 Å². The van der Waals surface area contributed by atoms with E-state index in [2.05, 4.69) is 17.6 Å². The minimum Gasteiger partial charge on any atom is -0.374 e. The first kappa shape index (κ1) is 9.96. The predicted molar refractivity (Wildman–Crippen MR) is 50.4 cm³/mol. The molecule has 0 aliphatic carbocycles. The highest BCUT2D eigenvalue weighted by atomic mass is 16.5. The second-order valence-corrected chi connectivity index (χ2v) is 3.40. The molecule has 2 N–H and O–H groups in total. The Balaban J connectivity index is 2.44. The summed E-state index contributed by atoms with van der Waals surface area (Å²) in [5, 5.41) is 6.56. The van der Waals surface area contributed by atoms with Gasteiger partial charge in [-0.1, -0.05) is 0 Å². The summed E-state index contributed by atoms with van der Waals surface area (Å²) < 4.78 is 5.81. The Labute approximate surface area is 74.9 Å². The Bertz CT molecular complexity index is 106. The zero-order valence-corrected chi connectivity index (χ0v) is 8.15. The van der Waals surface area contributed by atoms with Crippen LogP contribution in [-0.4, -0.2) is 38.9 Å². The molecule has 0 aromatic rings. The zero-order chi connectivity index (χ0) is 8.86. The van der Waals surface area contributed by atoms with Crippen LogP contribution in [0.2, 0.25) is 0 Å². The van der Waals surface area contributed by atoms with E-state index in [9.17, 15) is 0 Å². The van der Waals surface area contributed by atoms with Crippen LogP contribution < -0.4 is 10.6 Å². The molecule has 1 fully saturated rings. The lowest BCUT2D eigenvalue weighted by molar-refractivity contribution is -0.0570. The highest BCUT2D eigenvalue weighted by Crippen LogP contribution is 2.21. The van der Waals surface area contributed by atoms with Crippen molar-refractivity contribution < 1.29 is 4.74 Å². The fourth-order valence-corrected chi connectivity index (χ4v) is 1.88. The predicted octanol–water partition coefficient (Wildman–Crippen LogP) is 0.364. The minimum atomic E-state index is 0.106. The standard InChI is InChI=1S/C9H20N2O/c1-3-12-9(8-10-2)4-6-11-7-5-9/h10-11H,3-8H2,1-2H3. The van der Waals surface area contributed by atoms with Crippen molar-refractivity contribution in [3.05, 3.63) is 0 Å². The second-order valence-electron chi connectivity index (χ2n) is 3.40. The Morgan fingerprint density at radius 3 is 2.58 bits per heavy atom. The summed E-state index contributed by atoms with van der Waals surface area (Å²) in [5.74, 6) is 0. The summed E-state index contributed by atoms with van der Waals surface area (Å²) in [4.78, 5) is 0. The highest BCUT2D eigenvalue weighted by Gasteiger charge is 2.31. The molecule has 0 spiro atoms. The summed E-state index contributed by atoms with van der Waals surface area (Å²) in [7, 11) is 1.99. The van der Waals surface area contributed by atoms with E-state index in [0.29, 0.717) is 0 Å². The molecule has 72 valence electrons. The van der Waals surface area contributed by atoms with Crippen LogP contribution in [0.5, 0.6) is 0 Å². The van der Waals surface area contributed by atoms with E-state index >= 15 is 0 Å². The van der Waals surface area contributed by atoms with Crippen LogP contribution in [0, 0.1) is 0 Å². The third-order valence-electron chi connectivity index (χ3n) is 2.46. The molecule has 0 amide bonds. The Kier molecular flexibility index (Phi) is 3.98. The number of hydrogen-bond acceptors (Lipinski definition) is 3. The topological polar surface area (TPSA) is 33.3 Å². The van der Waals surface area contributed by atoms with Crippen LogP contribution in [-0.2, 0) is 4.74 Å². The van der Waals surface area contributed by atoms with E-state index in [0.717, 1.165) is 39.1 Å². The quantitative estimate of drug-likeness (QED) is 0.642. The smallest absolute Gasteiger partial charge is 0.0830 e. The van der Waals surface area contributed by atoms with Crippen LogP contribution in [0.25, 0.3) is 0 Å². The molecule has 3 heteroatoms. The van der Waals surface area contributed by atoms with Crippen molar-refractivity contribution in [2.24, 2.45) is 0 Å². The molecule has 12 heavy (non-hydrogen) atoms. The summed E-state index contributed by atoms with van der Waals surface area (Å²) in [5.41, 5.74) is 0.106. The van der Waals surface area contributed by atoms with Crippen LogP contribution in [0.4, 0.5) is 0 Å². The van der Waals surface area contributed by atoms with Gasteiger partial charge in [0.2, 0.25) is 0 Å². The fraction of sp³-hybridized carbons (Fsp3) is 1.00. The van der Waals surface area contributed by atoms with Crippen LogP contribution in [0.3, 0.4) is 0 Å². The van der Waals surface area contributed by atoms with Crippen molar-refractivity contribution >= 4 is 0 Å². The third kappa shape index (κ3) is 2.44. The van der Waals surface area contributed by atoms with Crippen LogP contribution in [0.1, 0.15) is 19.8 Å². The van der Waals surface area contributed by atoms with Crippen molar-refractivity contribution in [3.63, 3.8) is 0 Å². The first-order valence-corrected chi connectivity index (χ1v) is 4.82. The molecule has 3 nitrogen and oxygen atoms in total. The van der Waals surface area contributed by atoms with Crippen molar-refractivity contribution in [1.82, 2.24) is 10.6 Å². The van der Waals surface area contributed by atoms with Crippen LogP contribution >= 0.6 is 0 Å². The van der Waals surface area contributed by atoms with Gasteiger partial charge in [-0.05, 0) is 39.9 Å². The molecule has 0 radical (unpaired) electrons. The lowest BCUT2D eigenvalue weighted by Crippen LogP contribution is -2.49. The number of nitrogens with one attached hydrogen (secondary N) is 2. The Hall–Kier alpha value is -0.120. The van der Waals surface area contributed by atoms with E-state index in [1.807, 2.05) is 7.05 Å². The van der Waals surface area contributed by atoms with Crippen LogP contribution in [0.15, 0.2) is 0 Å². The van der Waals surface area contributed by atoms with Gasteiger partial charge in [-0.25, -0.2) is 0 Å². The number of hydrogen-bond donors (Lipinski definition) is 2. The average Bonchev–Trinajstić information content (AvgIpc) is 2.07. The van der Waals surface area contributed by atoms with Gasteiger partial charge in [0.25, 0.3) is 0 Å². The molecule has 1 heterocycles. The molecule has 0 bridgehead atoms. The van der Waals surface area contributed by atoms with Crippen molar-refractivity contribution in [2.75, 3.05) is 33.3 Å². The summed E-state index contributed by atoms with van der Waals surface area (Å²) in [6, 6.07) is 0. The van der Waals surface area contributed by atoms with Crippen molar-refractivity contribution in [1.29, 1.82) is 0 Å². The molecule has 0 unspecified atom stereocenters. The maximum atomic E-state index is 5.81. The largest absolute Gasteiger partial charge is 0.374 e. The average molecular weight is 172 g/mol. The third-order valence-corrected chi connectivity index (χ3v) is 2.46. The molecule has 0 atom stereocenters. The van der Waals surface area contributed by atoms with E-state index < -0.39 is 0 Å². The monoisotopic (exact) mass is 172 g/mol. The maximum Gasteiger partial charge on any atom is 0.0830 e. The van der Waals surface area contributed by atoms with Gasteiger partial charge in [0, 0.05) is 13.2 Å². The first-order valence-electron chi connectivity index (χ1n) is 4.82. The highest BCUT2D eigenvalue weighted by molar-refractivity contribution is 4.87. The van der Waals surface area contributed by atoms with Gasteiger partial charge in [0.05, 0.1) is 5.60 Å². The normalized spacial score (nSPS) is 22.5. The fourth-order valence-electron chi connectivity index (χ4n) is 1.88. The van der Waals surface area contributed by atoms with Gasteiger partial charge < -0.3 is 15.4 Å². The number of rotatable bonds is 4. The lowest BCUT2D eigenvalue weighted by atomic mass is 9.92. The van der Waals surface area contributed by atoms with Crippen molar-refractivity contribution in [3.8, 4) is 0 Å². The van der Waals surface area contributed by atoms with Crippen molar-refractivity contribution in [2.45, 2.75) is 25.4 Å². The SMILES string of the molecule is CCOC1(CNC)CCNCC1. The first-order chi connectivity index (χ1) is 5.83. The summed E-state index contributed by atoms with van der Waals surface area (Å²) >= 11 is 0. The molecule has 1 saturated heterocycles. The maximum absolute atomic E-state index is 5.81. The number of ether oxygens (including phenoxy) is 1. The second kappa shape index (κ2) is 4.80. The van der Waals surface area contributed by atoms with Gasteiger partial charge >= 0.3 is 0 Å². The molecule has 0 aromatic heterocycles. The molecular formula is C9H20N2O.